The predicted octanol–water partition coefficient (Wildman–Crippen LogP) is 5.50. The van der Waals surface area contributed by atoms with E-state index in [4.69, 9.17) is 16.0 Å². The molecule has 0 radical (unpaired) electrons. The second-order valence-electron chi connectivity index (χ2n) is 6.10. The van der Waals surface area contributed by atoms with E-state index < -0.39 is 8.32 Å². The van der Waals surface area contributed by atoms with Gasteiger partial charge in [-0.1, -0.05) is 51.1 Å². The van der Waals surface area contributed by atoms with Gasteiger partial charge in [-0.2, -0.15) is 0 Å². The fourth-order valence-corrected chi connectivity index (χ4v) is 2.43. The molecule has 1 rings (SSSR count). The lowest BCUT2D eigenvalue weighted by Gasteiger charge is -2.36. The van der Waals surface area contributed by atoms with Crippen molar-refractivity contribution in [1.82, 2.24) is 0 Å². The second-order valence-corrected chi connectivity index (χ2v) is 11.3. The van der Waals surface area contributed by atoms with Crippen LogP contribution < -0.4 is 0 Å². The summed E-state index contributed by atoms with van der Waals surface area (Å²) in [6.07, 6.45) is 1.83. The molecule has 0 fully saturated rings. The van der Waals surface area contributed by atoms with Crippen molar-refractivity contribution >= 4 is 26.0 Å². The highest BCUT2D eigenvalue weighted by Crippen LogP contribution is 2.37. The zero-order valence-electron chi connectivity index (χ0n) is 12.0. The van der Waals surface area contributed by atoms with E-state index in [1.54, 1.807) is 0 Å². The molecule has 0 saturated carbocycles. The molecule has 0 atom stereocenters. The van der Waals surface area contributed by atoms with Crippen molar-refractivity contribution in [2.75, 3.05) is 0 Å². The van der Waals surface area contributed by atoms with Gasteiger partial charge in [-0.25, -0.2) is 0 Å². The van der Waals surface area contributed by atoms with Gasteiger partial charge in [0, 0.05) is 5.02 Å². The zero-order valence-corrected chi connectivity index (χ0v) is 13.8. The third kappa shape index (κ3) is 3.71. The van der Waals surface area contributed by atoms with Gasteiger partial charge in [-0.3, -0.25) is 0 Å². The number of halogens is 1. The van der Waals surface area contributed by atoms with Crippen molar-refractivity contribution in [1.29, 1.82) is 0 Å². The summed E-state index contributed by atoms with van der Waals surface area (Å²) in [5, 5.41) is 0.981. The summed E-state index contributed by atoms with van der Waals surface area (Å²) < 4.78 is 6.18. The Labute approximate surface area is 117 Å². The summed E-state index contributed by atoms with van der Waals surface area (Å²) in [5.41, 5.74) is 2.12. The topological polar surface area (TPSA) is 9.23 Å². The Morgan fingerprint density at radius 3 is 2.44 bits per heavy atom. The van der Waals surface area contributed by atoms with E-state index in [0.717, 1.165) is 16.1 Å². The highest BCUT2D eigenvalue weighted by molar-refractivity contribution is 6.74. The number of hydrogen-bond acceptors (Lipinski definition) is 1. The molecule has 1 aromatic carbocycles. The Kier molecular flexibility index (Phi) is 4.82. The van der Waals surface area contributed by atoms with Crippen LogP contribution in [0.2, 0.25) is 23.2 Å². The second kappa shape index (κ2) is 5.60. The van der Waals surface area contributed by atoms with Crippen LogP contribution in [-0.4, -0.2) is 8.32 Å². The van der Waals surface area contributed by atoms with Crippen LogP contribution in [0.15, 0.2) is 24.8 Å². The highest BCUT2D eigenvalue weighted by atomic mass is 35.5. The third-order valence-electron chi connectivity index (χ3n) is 3.70. The smallest absolute Gasteiger partial charge is 0.192 e. The van der Waals surface area contributed by atoms with Crippen LogP contribution in [0.4, 0.5) is 0 Å². The van der Waals surface area contributed by atoms with Crippen LogP contribution >= 0.6 is 11.6 Å². The fraction of sp³-hybridized carbons (Fsp3) is 0.467. The first-order valence-electron chi connectivity index (χ1n) is 6.22. The van der Waals surface area contributed by atoms with Crippen molar-refractivity contribution in [3.05, 3.63) is 40.9 Å². The lowest BCUT2D eigenvalue weighted by Crippen LogP contribution is -2.40. The van der Waals surface area contributed by atoms with E-state index in [1.807, 2.05) is 24.3 Å². The summed E-state index contributed by atoms with van der Waals surface area (Å²) in [7, 11) is -1.72. The van der Waals surface area contributed by atoms with Crippen molar-refractivity contribution in [3.8, 4) is 0 Å². The summed E-state index contributed by atoms with van der Waals surface area (Å²) in [6.45, 7) is 15.6. The molecule has 0 N–H and O–H groups in total. The van der Waals surface area contributed by atoms with E-state index in [9.17, 15) is 0 Å². The molecule has 100 valence electrons. The molecule has 0 aliphatic rings. The molecule has 0 unspecified atom stereocenters. The highest BCUT2D eigenvalue weighted by Gasteiger charge is 2.37. The standard InChI is InChI=1S/C15H23ClOSi/c1-7-12-8-9-14(16)13(10-12)11-17-18(5,6)15(2,3)4/h7-10H,1,11H2,2-6H3. The normalized spacial score (nSPS) is 12.6. The minimum Gasteiger partial charge on any atom is -0.413 e. The van der Waals surface area contributed by atoms with Crippen LogP contribution in [0.3, 0.4) is 0 Å². The first kappa shape index (κ1) is 15.5. The number of rotatable bonds is 4. The summed E-state index contributed by atoms with van der Waals surface area (Å²) in [5.74, 6) is 0. The maximum absolute atomic E-state index is 6.20. The molecular weight excluding hydrogens is 260 g/mol. The van der Waals surface area contributed by atoms with E-state index >= 15 is 0 Å². The molecule has 0 aliphatic heterocycles. The Morgan fingerprint density at radius 2 is 1.94 bits per heavy atom. The molecule has 1 nitrogen and oxygen atoms in total. The SMILES string of the molecule is C=Cc1ccc(Cl)c(CO[Si](C)(C)C(C)(C)C)c1. The van der Waals surface area contributed by atoms with Gasteiger partial charge >= 0.3 is 0 Å². The van der Waals surface area contributed by atoms with E-state index in [0.29, 0.717) is 6.61 Å². The van der Waals surface area contributed by atoms with E-state index in [2.05, 4.69) is 40.4 Å². The van der Waals surface area contributed by atoms with Gasteiger partial charge in [-0.05, 0) is 41.4 Å². The van der Waals surface area contributed by atoms with Gasteiger partial charge in [-0.15, -0.1) is 0 Å². The largest absolute Gasteiger partial charge is 0.413 e. The molecule has 1 aromatic rings. The summed E-state index contributed by atoms with van der Waals surface area (Å²) in [6, 6.07) is 5.91. The predicted molar refractivity (Wildman–Crippen MR) is 83.5 cm³/mol. The fourth-order valence-electron chi connectivity index (χ4n) is 1.31. The molecule has 0 bridgehead atoms. The lowest BCUT2D eigenvalue weighted by atomic mass is 10.1. The minimum absolute atomic E-state index is 0.218. The molecule has 0 amide bonds. The quantitative estimate of drug-likeness (QED) is 0.662. The van der Waals surface area contributed by atoms with E-state index in [-0.39, 0.29) is 5.04 Å². The Bertz CT molecular complexity index is 433. The third-order valence-corrected chi connectivity index (χ3v) is 8.55. The molecule has 0 heterocycles. The van der Waals surface area contributed by atoms with Gasteiger partial charge in [0.2, 0.25) is 0 Å². The maximum Gasteiger partial charge on any atom is 0.192 e. The Hall–Kier alpha value is -0.573. The molecule has 3 heteroatoms. The lowest BCUT2D eigenvalue weighted by molar-refractivity contribution is 0.276. The average Bonchev–Trinajstić information content (AvgIpc) is 2.26. The minimum atomic E-state index is -1.72. The van der Waals surface area contributed by atoms with Crippen LogP contribution in [-0.2, 0) is 11.0 Å². The molecule has 0 saturated heterocycles. The van der Waals surface area contributed by atoms with Crippen LogP contribution in [0.25, 0.3) is 6.08 Å². The molecule has 0 aliphatic carbocycles. The van der Waals surface area contributed by atoms with Crippen molar-refractivity contribution in [2.24, 2.45) is 0 Å². The Balaban J connectivity index is 2.83. The van der Waals surface area contributed by atoms with Gasteiger partial charge in [0.1, 0.15) is 0 Å². The van der Waals surface area contributed by atoms with Gasteiger partial charge < -0.3 is 4.43 Å². The van der Waals surface area contributed by atoms with Crippen molar-refractivity contribution in [3.63, 3.8) is 0 Å². The molecule has 0 spiro atoms. The number of hydrogen-bond donors (Lipinski definition) is 0. The van der Waals surface area contributed by atoms with E-state index in [1.165, 1.54) is 0 Å². The van der Waals surface area contributed by atoms with Crippen molar-refractivity contribution < 1.29 is 4.43 Å². The zero-order chi connectivity index (χ0) is 14.0. The van der Waals surface area contributed by atoms with Gasteiger partial charge in [0.05, 0.1) is 6.61 Å². The monoisotopic (exact) mass is 282 g/mol. The first-order chi connectivity index (χ1) is 8.17. The summed E-state index contributed by atoms with van der Waals surface area (Å²) in [4.78, 5) is 0. The average molecular weight is 283 g/mol. The Morgan fingerprint density at radius 1 is 1.33 bits per heavy atom. The number of benzene rings is 1. The first-order valence-corrected chi connectivity index (χ1v) is 9.51. The maximum atomic E-state index is 6.20. The molecule has 0 aromatic heterocycles. The molecular formula is C15H23ClOSi. The van der Waals surface area contributed by atoms with Crippen molar-refractivity contribution in [2.45, 2.75) is 45.5 Å². The summed E-state index contributed by atoms with van der Waals surface area (Å²) >= 11 is 6.20. The van der Waals surface area contributed by atoms with Gasteiger partial charge in [0.15, 0.2) is 8.32 Å². The molecule has 18 heavy (non-hydrogen) atoms. The van der Waals surface area contributed by atoms with Gasteiger partial charge in [0.25, 0.3) is 0 Å². The van der Waals surface area contributed by atoms with Crippen LogP contribution in [0.1, 0.15) is 31.9 Å². The van der Waals surface area contributed by atoms with Crippen LogP contribution in [0.5, 0.6) is 0 Å². The van der Waals surface area contributed by atoms with Crippen LogP contribution in [0, 0.1) is 0 Å².